The van der Waals surface area contributed by atoms with E-state index in [0.717, 1.165) is 139 Å². The molecule has 4 atom stereocenters. The molecule has 8 aromatic heterocycles. The number of aromatic nitrogens is 8. The predicted octanol–water partition coefficient (Wildman–Crippen LogP) is 13.7. The Bertz CT molecular complexity index is 5510. The molecule has 5 aliphatic heterocycles. The Labute approximate surface area is 669 Å². The molecule has 114 heavy (non-hydrogen) atoms. The Balaban J connectivity index is 0.000000120. The van der Waals surface area contributed by atoms with Gasteiger partial charge in [0.1, 0.15) is 39.7 Å². The molecule has 18 rings (SSSR count). The van der Waals surface area contributed by atoms with E-state index >= 15 is 0 Å². The van der Waals surface area contributed by atoms with Crippen molar-refractivity contribution in [2.75, 3.05) is 79.8 Å². The number of aryl methyl sites for hydroxylation is 4. The van der Waals surface area contributed by atoms with E-state index in [0.29, 0.717) is 55.1 Å². The molecule has 13 heterocycles. The second-order valence-corrected chi connectivity index (χ2v) is 34.6. The lowest BCUT2D eigenvalue weighted by Gasteiger charge is -2.29. The molecule has 4 aromatic carbocycles. The highest BCUT2D eigenvalue weighted by atomic mass is 19.1. The van der Waals surface area contributed by atoms with Crippen molar-refractivity contribution >= 4 is 55.3 Å². The SMILES string of the molecule is Cc1ccc2c(c1)c1c(n2CC(C)(O)c2ccc(C(=O)N3CCCC3)nc2)CCN(C)C1.Cc1ccc2c(c1)c1c(n2CC(C)(O)c2ccc(N)nc2)CCN(C)C1.Cc1ccc2c(c1)c1c(n2CC(C)(O)c2ccc(OCC3CC3)nc2)CCN(C)C1.Cc1ccc2c(c1)c1c(n2CC(C)(O)c2cncc(F)c2)CCN(C)C1. The number of carbonyl (C=O) groups is 1. The van der Waals surface area contributed by atoms with Crippen molar-refractivity contribution in [2.24, 2.45) is 5.92 Å². The van der Waals surface area contributed by atoms with Crippen LogP contribution in [0, 0.1) is 39.4 Å². The summed E-state index contributed by atoms with van der Waals surface area (Å²) in [6.45, 7) is 27.8. The van der Waals surface area contributed by atoms with Crippen LogP contribution in [0.3, 0.4) is 0 Å². The summed E-state index contributed by atoms with van der Waals surface area (Å²) in [7, 11) is 8.64. The Kier molecular flexibility index (Phi) is 22.5. The fourth-order valence-electron chi connectivity index (χ4n) is 17.7. The fraction of sp³-hybridized carbons (Fsp3) is 0.430. The first kappa shape index (κ1) is 79.5. The van der Waals surface area contributed by atoms with Crippen molar-refractivity contribution in [1.29, 1.82) is 0 Å². The van der Waals surface area contributed by atoms with Gasteiger partial charge in [-0.2, -0.15) is 0 Å². The zero-order valence-corrected chi connectivity index (χ0v) is 68.6. The number of likely N-dealkylation sites (N-methyl/N-ethyl adjacent to an activating group) is 4. The molecule has 598 valence electrons. The lowest BCUT2D eigenvalue weighted by molar-refractivity contribution is 0.0375. The molecular weight excluding hydrogens is 1430 g/mol. The highest BCUT2D eigenvalue weighted by Crippen LogP contribution is 2.41. The number of ether oxygens (including phenoxy) is 1. The Morgan fingerprint density at radius 2 is 0.807 bits per heavy atom. The van der Waals surface area contributed by atoms with Crippen molar-refractivity contribution in [3.8, 4) is 5.88 Å². The van der Waals surface area contributed by atoms with Gasteiger partial charge in [-0.1, -0.05) is 58.7 Å². The summed E-state index contributed by atoms with van der Waals surface area (Å²) >= 11 is 0. The van der Waals surface area contributed by atoms with E-state index in [4.69, 9.17) is 10.5 Å². The second-order valence-electron chi connectivity index (χ2n) is 34.6. The zero-order valence-electron chi connectivity index (χ0n) is 68.6. The molecule has 1 aliphatic carbocycles. The number of aliphatic hydroxyl groups is 4. The molecule has 6 N–H and O–H groups in total. The number of amides is 1. The topological polar surface area (TPSA) is 221 Å². The largest absolute Gasteiger partial charge is 0.477 e. The lowest BCUT2D eigenvalue weighted by Crippen LogP contribution is -2.32. The van der Waals surface area contributed by atoms with E-state index in [1.165, 1.54) is 124 Å². The van der Waals surface area contributed by atoms with Crippen LogP contribution >= 0.6 is 0 Å². The average molecular weight is 1540 g/mol. The van der Waals surface area contributed by atoms with Gasteiger partial charge < -0.3 is 73.7 Å². The van der Waals surface area contributed by atoms with Crippen LogP contribution in [0.2, 0.25) is 0 Å². The molecule has 6 aliphatic rings. The number of carbonyl (C=O) groups excluding carboxylic acids is 1. The standard InChI is InChI=1S/C26H32N4O2.C25H31N3O2.C21H24FN3O.C21H26N4O/c1-18-6-9-23-20(14-18)21-16-28(3)13-10-24(21)30(23)17-26(2,32)19-7-8-22(27-15-19)25(31)29-11-4-5-12-29;1-17-4-8-22-20(12-17)21-14-27(3)11-10-23(21)28(22)16-25(2,29)19-7-9-24(26-13-19)30-15-18-5-6-18;1-14-4-5-19-17(8-14)18-12-24(3)7-6-20(18)25(19)13-21(2,26)15-9-16(22)11-23-10-15;1-14-4-6-18-16(10-14)17-12-24(3)9-8-19(17)25(18)13-21(2,26)15-5-7-20(22)23-11-15/h6-9,14-15,32H,4-5,10-13,16-17H2,1-3H3;4,7-9,12-13,18,29H,5-6,10-11,14-16H2,1-3H3;4-5,8-11,26H,6-7,12-13H2,1-3H3;4-7,10-11,26H,8-9,12-13H2,1-3H3,(H2,22,23). The maximum atomic E-state index is 13.6. The van der Waals surface area contributed by atoms with Crippen LogP contribution in [0.15, 0.2) is 146 Å². The number of nitrogen functional groups attached to an aromatic ring is 1. The summed E-state index contributed by atoms with van der Waals surface area (Å²) in [6, 6.07) is 38.7. The Morgan fingerprint density at radius 1 is 0.447 bits per heavy atom. The van der Waals surface area contributed by atoms with Crippen molar-refractivity contribution in [3.63, 3.8) is 0 Å². The highest BCUT2D eigenvalue weighted by Gasteiger charge is 2.36. The molecule has 2 fully saturated rings. The van der Waals surface area contributed by atoms with Crippen LogP contribution in [0.5, 0.6) is 5.88 Å². The van der Waals surface area contributed by atoms with E-state index in [9.17, 15) is 29.6 Å². The van der Waals surface area contributed by atoms with E-state index < -0.39 is 28.2 Å². The number of likely N-dealkylation sites (tertiary alicyclic amines) is 1. The summed E-state index contributed by atoms with van der Waals surface area (Å²) in [4.78, 5) is 40.8. The molecule has 1 saturated carbocycles. The normalized spacial score (nSPS) is 18.1. The van der Waals surface area contributed by atoms with Crippen LogP contribution in [-0.4, -0.2) is 163 Å². The maximum absolute atomic E-state index is 13.6. The Morgan fingerprint density at radius 3 is 1.14 bits per heavy atom. The van der Waals surface area contributed by atoms with Gasteiger partial charge in [0.2, 0.25) is 5.88 Å². The summed E-state index contributed by atoms with van der Waals surface area (Å²) in [5, 5.41) is 50.4. The van der Waals surface area contributed by atoms with Crippen LogP contribution in [0.1, 0.15) is 153 Å². The highest BCUT2D eigenvalue weighted by molar-refractivity contribution is 5.93. The van der Waals surface area contributed by atoms with Crippen molar-refractivity contribution in [2.45, 2.75) is 182 Å². The minimum Gasteiger partial charge on any atom is -0.477 e. The van der Waals surface area contributed by atoms with Gasteiger partial charge in [-0.25, -0.2) is 14.4 Å². The summed E-state index contributed by atoms with van der Waals surface area (Å²) in [5.41, 5.74) is 25.1. The van der Waals surface area contributed by atoms with Crippen LogP contribution in [0.4, 0.5) is 10.2 Å². The van der Waals surface area contributed by atoms with Crippen LogP contribution in [-0.2, 0) is 100 Å². The van der Waals surface area contributed by atoms with E-state index in [2.05, 4.69) is 186 Å². The number of pyridine rings is 4. The van der Waals surface area contributed by atoms with Gasteiger partial charge in [-0.3, -0.25) is 14.8 Å². The van der Waals surface area contributed by atoms with Crippen molar-refractivity contribution < 1.29 is 34.3 Å². The molecule has 1 amide bonds. The minimum absolute atomic E-state index is 0.0151. The first-order chi connectivity index (χ1) is 54.4. The number of nitrogens with two attached hydrogens (primary N) is 1. The molecule has 1 saturated heterocycles. The number of benzene rings is 4. The van der Waals surface area contributed by atoms with Gasteiger partial charge in [0.15, 0.2) is 0 Å². The van der Waals surface area contributed by atoms with E-state index in [1.807, 2.05) is 49.9 Å². The molecule has 4 unspecified atom stereocenters. The summed E-state index contributed by atoms with van der Waals surface area (Å²) < 4.78 is 28.5. The molecular formula is C93H113FN14O6. The molecule has 21 heteroatoms. The maximum Gasteiger partial charge on any atom is 0.272 e. The third-order valence-electron chi connectivity index (χ3n) is 24.5. The predicted molar refractivity (Wildman–Crippen MR) is 450 cm³/mol. The average Bonchev–Trinajstić information content (AvgIpc) is 1.61. The molecule has 0 radical (unpaired) electrons. The lowest BCUT2D eigenvalue weighted by atomic mass is 9.97. The monoisotopic (exact) mass is 1540 g/mol. The number of rotatable bonds is 16. The summed E-state index contributed by atoms with van der Waals surface area (Å²) in [6.07, 6.45) is 16.3. The van der Waals surface area contributed by atoms with E-state index in [-0.39, 0.29) is 5.91 Å². The fourth-order valence-corrected chi connectivity index (χ4v) is 17.7. The van der Waals surface area contributed by atoms with Crippen molar-refractivity contribution in [3.05, 3.63) is 247 Å². The summed E-state index contributed by atoms with van der Waals surface area (Å²) in [5.74, 6) is 1.36. The first-order valence-corrected chi connectivity index (χ1v) is 40.7. The molecule has 20 nitrogen and oxygen atoms in total. The smallest absolute Gasteiger partial charge is 0.272 e. The number of hydrogen-bond acceptors (Lipinski definition) is 15. The third kappa shape index (κ3) is 16.9. The quantitative estimate of drug-likeness (QED) is 0.0607. The number of fused-ring (bicyclic) bond motifs is 12. The van der Waals surface area contributed by atoms with Crippen LogP contribution in [0.25, 0.3) is 43.6 Å². The number of halogens is 1. The van der Waals surface area contributed by atoms with Gasteiger partial charge in [-0.05, 0) is 210 Å². The number of anilines is 1. The van der Waals surface area contributed by atoms with Gasteiger partial charge in [0.05, 0.1) is 39.0 Å². The number of hydrogen-bond donors (Lipinski definition) is 5. The third-order valence-corrected chi connectivity index (χ3v) is 24.5. The van der Waals surface area contributed by atoms with Crippen molar-refractivity contribution in [1.82, 2.24) is 62.7 Å². The molecule has 0 spiro atoms. The van der Waals surface area contributed by atoms with Gasteiger partial charge in [-0.15, -0.1) is 0 Å². The second kappa shape index (κ2) is 32.2. The Hall–Kier alpha value is -9.68. The molecule has 0 bridgehead atoms. The van der Waals surface area contributed by atoms with Gasteiger partial charge >= 0.3 is 0 Å². The van der Waals surface area contributed by atoms with E-state index in [1.54, 1.807) is 43.8 Å². The van der Waals surface area contributed by atoms with Gasteiger partial charge in [0.25, 0.3) is 5.91 Å². The van der Waals surface area contributed by atoms with Crippen LogP contribution < -0.4 is 10.5 Å². The zero-order chi connectivity index (χ0) is 80.3. The van der Waals surface area contributed by atoms with Gasteiger partial charge in [0, 0.05) is 211 Å². The molecule has 12 aromatic rings. The first-order valence-electron chi connectivity index (χ1n) is 40.7. The minimum atomic E-state index is -1.21. The number of nitrogens with zero attached hydrogens (tertiary/aromatic N) is 13.